The summed E-state index contributed by atoms with van der Waals surface area (Å²) >= 11 is 0. The molecule has 2 aromatic rings. The SMILES string of the molecule is COc1ccc(N[C@@H](CC(C)=O)c2ccc([N+](=O)[O-])cc2)cc1. The monoisotopic (exact) mass is 314 g/mol. The molecule has 1 atom stereocenters. The molecule has 120 valence electrons. The van der Waals surface area contributed by atoms with Crippen molar-refractivity contribution < 1.29 is 14.5 Å². The molecule has 0 aliphatic heterocycles. The number of nitrogens with zero attached hydrogens (tertiary/aromatic N) is 1. The maximum Gasteiger partial charge on any atom is 0.269 e. The van der Waals surface area contributed by atoms with E-state index in [1.165, 1.54) is 19.1 Å². The van der Waals surface area contributed by atoms with Crippen LogP contribution in [0.1, 0.15) is 24.9 Å². The molecule has 0 saturated heterocycles. The molecule has 0 unspecified atom stereocenters. The number of hydrogen-bond donors (Lipinski definition) is 1. The summed E-state index contributed by atoms with van der Waals surface area (Å²) in [5.41, 5.74) is 1.69. The van der Waals surface area contributed by atoms with Gasteiger partial charge in [0.2, 0.25) is 0 Å². The van der Waals surface area contributed by atoms with Crippen LogP contribution < -0.4 is 10.1 Å². The molecule has 0 aromatic heterocycles. The molecule has 0 radical (unpaired) electrons. The van der Waals surface area contributed by atoms with Crippen molar-refractivity contribution in [2.45, 2.75) is 19.4 Å². The van der Waals surface area contributed by atoms with Gasteiger partial charge in [0.1, 0.15) is 11.5 Å². The smallest absolute Gasteiger partial charge is 0.269 e. The van der Waals surface area contributed by atoms with Crippen molar-refractivity contribution in [3.63, 3.8) is 0 Å². The summed E-state index contributed by atoms with van der Waals surface area (Å²) in [4.78, 5) is 21.8. The van der Waals surface area contributed by atoms with Crippen molar-refractivity contribution in [3.8, 4) is 5.75 Å². The van der Waals surface area contributed by atoms with E-state index in [1.807, 2.05) is 24.3 Å². The second-order valence-electron chi connectivity index (χ2n) is 5.18. The normalized spacial score (nSPS) is 11.6. The molecule has 0 fully saturated rings. The first kappa shape index (κ1) is 16.5. The first-order valence-electron chi connectivity index (χ1n) is 7.14. The van der Waals surface area contributed by atoms with Crippen molar-refractivity contribution in [1.82, 2.24) is 0 Å². The Morgan fingerprint density at radius 2 is 1.78 bits per heavy atom. The topological polar surface area (TPSA) is 81.5 Å². The van der Waals surface area contributed by atoms with Crippen molar-refractivity contribution in [2.24, 2.45) is 0 Å². The van der Waals surface area contributed by atoms with E-state index in [4.69, 9.17) is 4.74 Å². The van der Waals surface area contributed by atoms with Gasteiger partial charge in [-0.05, 0) is 36.8 Å². The van der Waals surface area contributed by atoms with Crippen LogP contribution in [-0.2, 0) is 4.79 Å². The summed E-state index contributed by atoms with van der Waals surface area (Å²) in [6, 6.07) is 13.3. The number of carbonyl (C=O) groups is 1. The van der Waals surface area contributed by atoms with E-state index < -0.39 is 4.92 Å². The van der Waals surface area contributed by atoms with Gasteiger partial charge in [0.05, 0.1) is 18.1 Å². The van der Waals surface area contributed by atoms with Crippen LogP contribution in [0.2, 0.25) is 0 Å². The Morgan fingerprint density at radius 3 is 2.26 bits per heavy atom. The van der Waals surface area contributed by atoms with Gasteiger partial charge < -0.3 is 10.1 Å². The van der Waals surface area contributed by atoms with Crippen LogP contribution in [0.15, 0.2) is 48.5 Å². The molecule has 1 N–H and O–H groups in total. The maximum atomic E-state index is 11.5. The van der Waals surface area contributed by atoms with Crippen LogP contribution in [0.5, 0.6) is 5.75 Å². The van der Waals surface area contributed by atoms with Gasteiger partial charge in [-0.3, -0.25) is 14.9 Å². The van der Waals surface area contributed by atoms with E-state index in [0.29, 0.717) is 6.42 Å². The number of benzene rings is 2. The molecule has 0 saturated carbocycles. The zero-order valence-electron chi connectivity index (χ0n) is 13.0. The number of carbonyl (C=O) groups excluding carboxylic acids is 1. The highest BCUT2D eigenvalue weighted by molar-refractivity contribution is 5.77. The summed E-state index contributed by atoms with van der Waals surface area (Å²) in [7, 11) is 1.60. The third-order valence-electron chi connectivity index (χ3n) is 3.43. The average Bonchev–Trinajstić information content (AvgIpc) is 2.54. The quantitative estimate of drug-likeness (QED) is 0.622. The maximum absolute atomic E-state index is 11.5. The minimum atomic E-state index is -0.444. The minimum absolute atomic E-state index is 0.0276. The molecular formula is C17H18N2O4. The number of ether oxygens (including phenoxy) is 1. The zero-order chi connectivity index (χ0) is 16.8. The summed E-state index contributed by atoms with van der Waals surface area (Å²) in [5.74, 6) is 0.781. The molecule has 0 bridgehead atoms. The Labute approximate surface area is 134 Å². The second kappa shape index (κ2) is 7.40. The number of rotatable bonds is 7. The number of methoxy groups -OCH3 is 1. The Bertz CT molecular complexity index is 681. The summed E-state index contributed by atoms with van der Waals surface area (Å²) in [6.07, 6.45) is 0.295. The van der Waals surface area contributed by atoms with Gasteiger partial charge in [0.25, 0.3) is 5.69 Å². The van der Waals surface area contributed by atoms with Gasteiger partial charge >= 0.3 is 0 Å². The Kier molecular flexibility index (Phi) is 5.30. The second-order valence-corrected chi connectivity index (χ2v) is 5.18. The predicted octanol–water partition coefficient (Wildman–Crippen LogP) is 3.74. The highest BCUT2D eigenvalue weighted by Gasteiger charge is 2.15. The minimum Gasteiger partial charge on any atom is -0.497 e. The van der Waals surface area contributed by atoms with Crippen LogP contribution >= 0.6 is 0 Å². The lowest BCUT2D eigenvalue weighted by molar-refractivity contribution is -0.384. The fraction of sp³-hybridized carbons (Fsp3) is 0.235. The number of hydrogen-bond acceptors (Lipinski definition) is 5. The standard InChI is InChI=1S/C17H18N2O4/c1-12(20)11-17(13-3-7-15(8-4-13)19(21)22)18-14-5-9-16(23-2)10-6-14/h3-10,17-18H,11H2,1-2H3/t17-/m0/s1. The van der Waals surface area contributed by atoms with Crippen LogP contribution in [0.25, 0.3) is 0 Å². The fourth-order valence-electron chi connectivity index (χ4n) is 2.26. The third kappa shape index (κ3) is 4.54. The summed E-state index contributed by atoms with van der Waals surface area (Å²) in [6.45, 7) is 1.52. The summed E-state index contributed by atoms with van der Waals surface area (Å²) in [5, 5.41) is 14.0. The number of Topliss-reactive ketones (excluding diaryl/α,β-unsaturated/α-hetero) is 1. The van der Waals surface area contributed by atoms with E-state index in [1.54, 1.807) is 19.2 Å². The van der Waals surface area contributed by atoms with Gasteiger partial charge in [0.15, 0.2) is 0 Å². The van der Waals surface area contributed by atoms with Crippen LogP contribution in [0.3, 0.4) is 0 Å². The largest absolute Gasteiger partial charge is 0.497 e. The fourth-order valence-corrected chi connectivity index (χ4v) is 2.26. The first-order chi connectivity index (χ1) is 11.0. The molecule has 2 rings (SSSR count). The lowest BCUT2D eigenvalue weighted by Gasteiger charge is -2.19. The Morgan fingerprint density at radius 1 is 1.17 bits per heavy atom. The van der Waals surface area contributed by atoms with Gasteiger partial charge in [-0.2, -0.15) is 0 Å². The van der Waals surface area contributed by atoms with E-state index in [0.717, 1.165) is 17.0 Å². The first-order valence-corrected chi connectivity index (χ1v) is 7.14. The van der Waals surface area contributed by atoms with Crippen LogP contribution in [-0.4, -0.2) is 17.8 Å². The lowest BCUT2D eigenvalue weighted by atomic mass is 10.0. The van der Waals surface area contributed by atoms with Crippen LogP contribution in [0, 0.1) is 10.1 Å². The molecule has 0 aliphatic rings. The number of ketones is 1. The van der Waals surface area contributed by atoms with E-state index in [-0.39, 0.29) is 17.5 Å². The van der Waals surface area contributed by atoms with Crippen molar-refractivity contribution in [1.29, 1.82) is 0 Å². The molecule has 6 heteroatoms. The molecule has 0 spiro atoms. The van der Waals surface area contributed by atoms with Crippen molar-refractivity contribution in [3.05, 3.63) is 64.2 Å². The number of non-ortho nitro benzene ring substituents is 1. The third-order valence-corrected chi connectivity index (χ3v) is 3.43. The average molecular weight is 314 g/mol. The molecule has 6 nitrogen and oxygen atoms in total. The van der Waals surface area contributed by atoms with Crippen molar-refractivity contribution in [2.75, 3.05) is 12.4 Å². The lowest BCUT2D eigenvalue weighted by Crippen LogP contribution is -2.14. The van der Waals surface area contributed by atoms with E-state index >= 15 is 0 Å². The molecule has 0 aliphatic carbocycles. The van der Waals surface area contributed by atoms with Crippen LogP contribution in [0.4, 0.5) is 11.4 Å². The molecular weight excluding hydrogens is 296 g/mol. The zero-order valence-corrected chi connectivity index (χ0v) is 13.0. The summed E-state index contributed by atoms with van der Waals surface area (Å²) < 4.78 is 5.11. The Balaban J connectivity index is 2.21. The van der Waals surface area contributed by atoms with Gasteiger partial charge in [-0.1, -0.05) is 12.1 Å². The van der Waals surface area contributed by atoms with E-state index in [9.17, 15) is 14.9 Å². The van der Waals surface area contributed by atoms with Gasteiger partial charge in [0, 0.05) is 24.2 Å². The van der Waals surface area contributed by atoms with E-state index in [2.05, 4.69) is 5.32 Å². The molecule has 23 heavy (non-hydrogen) atoms. The molecule has 2 aromatic carbocycles. The molecule has 0 amide bonds. The van der Waals surface area contributed by atoms with Crippen molar-refractivity contribution >= 4 is 17.2 Å². The molecule has 0 heterocycles. The Hall–Kier alpha value is -2.89. The number of nitro groups is 1. The number of nitro benzene ring substituents is 1. The van der Waals surface area contributed by atoms with Gasteiger partial charge in [-0.15, -0.1) is 0 Å². The number of anilines is 1. The highest BCUT2D eigenvalue weighted by atomic mass is 16.6. The van der Waals surface area contributed by atoms with Gasteiger partial charge in [-0.25, -0.2) is 0 Å². The number of nitrogens with one attached hydrogen (secondary N) is 1. The predicted molar refractivity (Wildman–Crippen MR) is 87.8 cm³/mol. The highest BCUT2D eigenvalue weighted by Crippen LogP contribution is 2.26.